The molecule has 2 heterocycles. The van der Waals surface area contributed by atoms with Crippen molar-refractivity contribution in [2.24, 2.45) is 11.8 Å². The molecule has 1 N–H and O–H groups in total. The minimum absolute atomic E-state index is 0.00586. The summed E-state index contributed by atoms with van der Waals surface area (Å²) < 4.78 is 5.80. The summed E-state index contributed by atoms with van der Waals surface area (Å²) in [7, 11) is 0. The predicted molar refractivity (Wildman–Crippen MR) is 82.0 cm³/mol. The van der Waals surface area contributed by atoms with Gasteiger partial charge in [0.1, 0.15) is 0 Å². The van der Waals surface area contributed by atoms with Gasteiger partial charge in [0.05, 0.1) is 24.9 Å². The first-order valence-corrected chi connectivity index (χ1v) is 8.08. The number of aliphatic hydroxyl groups excluding tert-OH is 1. The van der Waals surface area contributed by atoms with Gasteiger partial charge in [-0.25, -0.2) is 0 Å². The Morgan fingerprint density at radius 3 is 2.43 bits per heavy atom. The highest BCUT2D eigenvalue weighted by Gasteiger charge is 2.35. The molecule has 3 unspecified atom stereocenters. The van der Waals surface area contributed by atoms with Crippen LogP contribution >= 0.6 is 0 Å². The second-order valence-electron chi connectivity index (χ2n) is 7.60. The topological polar surface area (TPSA) is 53.0 Å². The molecular weight excluding hydrogens is 268 g/mol. The fourth-order valence-corrected chi connectivity index (χ4v) is 3.79. The maximum absolute atomic E-state index is 12.5. The number of piperidine rings is 1. The summed E-state index contributed by atoms with van der Waals surface area (Å²) in [6, 6.07) is 0. The van der Waals surface area contributed by atoms with E-state index in [0.717, 1.165) is 19.6 Å². The zero-order chi connectivity index (χ0) is 15.6. The number of amides is 1. The second-order valence-corrected chi connectivity index (χ2v) is 7.60. The smallest absolute Gasteiger partial charge is 0.236 e. The van der Waals surface area contributed by atoms with Crippen molar-refractivity contribution in [1.82, 2.24) is 9.80 Å². The van der Waals surface area contributed by atoms with Crippen LogP contribution in [0.1, 0.15) is 34.1 Å². The van der Waals surface area contributed by atoms with Crippen LogP contribution in [0.4, 0.5) is 0 Å². The molecule has 0 bridgehead atoms. The van der Waals surface area contributed by atoms with Crippen LogP contribution in [-0.2, 0) is 9.53 Å². The van der Waals surface area contributed by atoms with Crippen molar-refractivity contribution in [1.29, 1.82) is 0 Å². The molecule has 2 rings (SSSR count). The van der Waals surface area contributed by atoms with Crippen LogP contribution in [0.2, 0.25) is 0 Å². The summed E-state index contributed by atoms with van der Waals surface area (Å²) in [4.78, 5) is 16.7. The van der Waals surface area contributed by atoms with Crippen molar-refractivity contribution in [3.63, 3.8) is 0 Å². The zero-order valence-corrected chi connectivity index (χ0v) is 13.8. The van der Waals surface area contributed by atoms with Crippen LogP contribution in [0, 0.1) is 11.8 Å². The van der Waals surface area contributed by atoms with E-state index in [9.17, 15) is 9.90 Å². The van der Waals surface area contributed by atoms with Crippen molar-refractivity contribution in [2.45, 2.75) is 45.8 Å². The number of rotatable bonds is 3. The Morgan fingerprint density at radius 1 is 1.24 bits per heavy atom. The Hall–Kier alpha value is -0.650. The van der Waals surface area contributed by atoms with Gasteiger partial charge in [0, 0.05) is 26.2 Å². The molecule has 2 aliphatic heterocycles. The number of ether oxygens (including phenoxy) is 1. The lowest BCUT2D eigenvalue weighted by molar-refractivity contribution is -0.157. The van der Waals surface area contributed by atoms with Crippen LogP contribution in [0.25, 0.3) is 0 Å². The van der Waals surface area contributed by atoms with Crippen LogP contribution in [0.5, 0.6) is 0 Å². The van der Waals surface area contributed by atoms with E-state index in [-0.39, 0.29) is 24.2 Å². The molecule has 2 aliphatic rings. The fraction of sp³-hybridized carbons (Fsp3) is 0.938. The minimum Gasteiger partial charge on any atom is -0.394 e. The van der Waals surface area contributed by atoms with E-state index in [0.29, 0.717) is 24.9 Å². The van der Waals surface area contributed by atoms with Gasteiger partial charge in [0.25, 0.3) is 0 Å². The van der Waals surface area contributed by atoms with Crippen molar-refractivity contribution in [3.05, 3.63) is 0 Å². The van der Waals surface area contributed by atoms with Crippen LogP contribution < -0.4 is 0 Å². The highest BCUT2D eigenvalue weighted by molar-refractivity contribution is 5.78. The number of nitrogens with zero attached hydrogens (tertiary/aromatic N) is 2. The molecule has 0 aromatic rings. The molecule has 0 aliphatic carbocycles. The molecule has 3 atom stereocenters. The SMILES string of the molecule is CC1CC(C)CN(C(=O)CN2CC(CO)OC(C)(C)C2)C1. The molecule has 0 radical (unpaired) electrons. The maximum Gasteiger partial charge on any atom is 0.236 e. The lowest BCUT2D eigenvalue weighted by Gasteiger charge is -2.43. The molecule has 0 saturated carbocycles. The van der Waals surface area contributed by atoms with E-state index in [2.05, 4.69) is 18.7 Å². The van der Waals surface area contributed by atoms with E-state index < -0.39 is 0 Å². The van der Waals surface area contributed by atoms with Gasteiger partial charge >= 0.3 is 0 Å². The molecule has 5 nitrogen and oxygen atoms in total. The quantitative estimate of drug-likeness (QED) is 0.843. The molecule has 2 fully saturated rings. The number of likely N-dealkylation sites (tertiary alicyclic amines) is 1. The summed E-state index contributed by atoms with van der Waals surface area (Å²) in [6.07, 6.45) is 1.02. The zero-order valence-electron chi connectivity index (χ0n) is 13.8. The largest absolute Gasteiger partial charge is 0.394 e. The van der Waals surface area contributed by atoms with Crippen LogP contribution in [-0.4, -0.2) is 71.8 Å². The Bertz CT molecular complexity index is 363. The summed E-state index contributed by atoms with van der Waals surface area (Å²) >= 11 is 0. The summed E-state index contributed by atoms with van der Waals surface area (Å²) in [5.41, 5.74) is -0.311. The molecule has 21 heavy (non-hydrogen) atoms. The van der Waals surface area contributed by atoms with E-state index in [1.807, 2.05) is 18.7 Å². The van der Waals surface area contributed by atoms with Crippen LogP contribution in [0.15, 0.2) is 0 Å². The lowest BCUT2D eigenvalue weighted by atomic mass is 9.92. The van der Waals surface area contributed by atoms with Crippen molar-refractivity contribution >= 4 is 5.91 Å². The third kappa shape index (κ3) is 4.66. The maximum atomic E-state index is 12.5. The summed E-state index contributed by atoms with van der Waals surface area (Å²) in [5, 5.41) is 9.35. The van der Waals surface area contributed by atoms with E-state index >= 15 is 0 Å². The van der Waals surface area contributed by atoms with Gasteiger partial charge in [-0.15, -0.1) is 0 Å². The fourth-order valence-electron chi connectivity index (χ4n) is 3.79. The van der Waals surface area contributed by atoms with E-state index in [1.54, 1.807) is 0 Å². The van der Waals surface area contributed by atoms with Crippen LogP contribution in [0.3, 0.4) is 0 Å². The average molecular weight is 298 g/mol. The number of carbonyl (C=O) groups is 1. The molecular formula is C16H30N2O3. The van der Waals surface area contributed by atoms with E-state index in [1.165, 1.54) is 6.42 Å². The predicted octanol–water partition coefficient (Wildman–Crippen LogP) is 0.963. The first-order valence-electron chi connectivity index (χ1n) is 8.08. The number of aliphatic hydroxyl groups is 1. The van der Waals surface area contributed by atoms with Gasteiger partial charge in [-0.2, -0.15) is 0 Å². The van der Waals surface area contributed by atoms with Gasteiger partial charge in [0.15, 0.2) is 0 Å². The monoisotopic (exact) mass is 298 g/mol. The molecule has 1 amide bonds. The Balaban J connectivity index is 1.92. The molecule has 0 aromatic heterocycles. The third-order valence-electron chi connectivity index (χ3n) is 4.34. The molecule has 2 saturated heterocycles. The molecule has 0 spiro atoms. The van der Waals surface area contributed by atoms with Gasteiger partial charge < -0.3 is 14.7 Å². The Kier molecular flexibility index (Phi) is 5.28. The van der Waals surface area contributed by atoms with Crippen molar-refractivity contribution in [2.75, 3.05) is 39.3 Å². The first kappa shape index (κ1) is 16.7. The Morgan fingerprint density at radius 2 is 1.86 bits per heavy atom. The van der Waals surface area contributed by atoms with Crippen molar-refractivity contribution < 1.29 is 14.6 Å². The normalized spacial score (nSPS) is 34.0. The first-order chi connectivity index (χ1) is 9.79. The number of morpholine rings is 1. The second kappa shape index (κ2) is 6.63. The van der Waals surface area contributed by atoms with Gasteiger partial charge in [-0.3, -0.25) is 9.69 Å². The minimum atomic E-state index is -0.311. The number of hydrogen-bond acceptors (Lipinski definition) is 4. The molecule has 122 valence electrons. The highest BCUT2D eigenvalue weighted by atomic mass is 16.5. The highest BCUT2D eigenvalue weighted by Crippen LogP contribution is 2.23. The third-order valence-corrected chi connectivity index (χ3v) is 4.34. The molecule has 5 heteroatoms. The van der Waals surface area contributed by atoms with E-state index in [4.69, 9.17) is 4.74 Å². The van der Waals surface area contributed by atoms with Crippen molar-refractivity contribution in [3.8, 4) is 0 Å². The molecule has 0 aromatic carbocycles. The van der Waals surface area contributed by atoms with Gasteiger partial charge in [-0.05, 0) is 32.1 Å². The number of hydrogen-bond donors (Lipinski definition) is 1. The summed E-state index contributed by atoms with van der Waals surface area (Å²) in [5.74, 6) is 1.39. The standard InChI is InChI=1S/C16H30N2O3/c1-12-5-13(2)7-18(6-12)15(20)9-17-8-14(10-19)21-16(3,4)11-17/h12-14,19H,5-11H2,1-4H3. The summed E-state index contributed by atoms with van der Waals surface area (Å²) in [6.45, 7) is 12.0. The van der Waals surface area contributed by atoms with Gasteiger partial charge in [0.2, 0.25) is 5.91 Å². The van der Waals surface area contributed by atoms with Gasteiger partial charge in [-0.1, -0.05) is 13.8 Å². The number of carbonyl (C=O) groups excluding carboxylic acids is 1. The Labute approximate surface area is 128 Å². The lowest BCUT2D eigenvalue weighted by Crippen LogP contribution is -2.56. The average Bonchev–Trinajstić information content (AvgIpc) is 2.35.